The smallest absolute Gasteiger partial charge is 0.387 e. The number of guanidine groups is 1. The summed E-state index contributed by atoms with van der Waals surface area (Å²) >= 11 is 0. The third-order valence-electron chi connectivity index (χ3n) is 3.90. The second-order valence-corrected chi connectivity index (χ2v) is 7.31. The highest BCUT2D eigenvalue weighted by atomic mass is 16.4. The molecular formula is C21H28N3O3+. The van der Waals surface area contributed by atoms with Crippen molar-refractivity contribution in [2.45, 2.75) is 53.6 Å². The van der Waals surface area contributed by atoms with Crippen LogP contribution in [0.25, 0.3) is 11.0 Å². The SMILES string of the molecule is CC(C)=NC(NC(C)C)=[N+](CC(=O)c1cc2ccccc2oc1=O)C(C)C. The van der Waals surface area contributed by atoms with E-state index in [9.17, 15) is 9.59 Å². The molecule has 1 aromatic carbocycles. The minimum Gasteiger partial charge on any atom is -0.422 e. The predicted molar refractivity (Wildman–Crippen MR) is 109 cm³/mol. The van der Waals surface area contributed by atoms with E-state index in [1.807, 2.05) is 58.3 Å². The number of hydrogen-bond acceptors (Lipinski definition) is 3. The summed E-state index contributed by atoms with van der Waals surface area (Å²) in [6.45, 7) is 11.8. The first-order valence-corrected chi connectivity index (χ1v) is 9.17. The molecular weight excluding hydrogens is 342 g/mol. The van der Waals surface area contributed by atoms with E-state index in [1.165, 1.54) is 0 Å². The summed E-state index contributed by atoms with van der Waals surface area (Å²) in [6, 6.07) is 8.94. The Morgan fingerprint density at radius 3 is 2.44 bits per heavy atom. The molecule has 2 aromatic rings. The lowest BCUT2D eigenvalue weighted by atomic mass is 10.1. The summed E-state index contributed by atoms with van der Waals surface area (Å²) in [5.74, 6) is 0.328. The normalized spacial score (nSPS) is 12.3. The highest BCUT2D eigenvalue weighted by Gasteiger charge is 2.23. The molecule has 0 aliphatic carbocycles. The quantitative estimate of drug-likeness (QED) is 0.288. The first-order valence-electron chi connectivity index (χ1n) is 9.17. The van der Waals surface area contributed by atoms with E-state index in [0.717, 1.165) is 11.1 Å². The average molecular weight is 370 g/mol. The highest BCUT2D eigenvalue weighted by molar-refractivity contribution is 5.99. The van der Waals surface area contributed by atoms with E-state index in [4.69, 9.17) is 4.42 Å². The van der Waals surface area contributed by atoms with Crippen molar-refractivity contribution in [1.29, 1.82) is 0 Å². The fourth-order valence-electron chi connectivity index (χ4n) is 2.65. The van der Waals surface area contributed by atoms with Gasteiger partial charge in [-0.2, -0.15) is 0 Å². The van der Waals surface area contributed by atoms with Gasteiger partial charge in [-0.1, -0.05) is 23.2 Å². The fourth-order valence-corrected chi connectivity index (χ4v) is 2.65. The largest absolute Gasteiger partial charge is 0.422 e. The maximum Gasteiger partial charge on any atom is 0.387 e. The maximum absolute atomic E-state index is 12.9. The van der Waals surface area contributed by atoms with Crippen LogP contribution in [0.3, 0.4) is 0 Å². The molecule has 1 N–H and O–H groups in total. The number of Topliss-reactive ketones (excluding diaryl/α,β-unsaturated/α-hetero) is 1. The number of ketones is 1. The van der Waals surface area contributed by atoms with Gasteiger partial charge < -0.3 is 4.42 Å². The summed E-state index contributed by atoms with van der Waals surface area (Å²) in [5, 5.41) is 4.02. The van der Waals surface area contributed by atoms with Crippen LogP contribution in [0.4, 0.5) is 0 Å². The zero-order valence-electron chi connectivity index (χ0n) is 16.9. The van der Waals surface area contributed by atoms with Crippen molar-refractivity contribution < 1.29 is 13.8 Å². The average Bonchev–Trinajstić information content (AvgIpc) is 2.57. The van der Waals surface area contributed by atoms with Crippen molar-refractivity contribution in [2.24, 2.45) is 4.99 Å². The number of hydrogen-bond donors (Lipinski definition) is 1. The van der Waals surface area contributed by atoms with E-state index in [-0.39, 0.29) is 30.0 Å². The molecule has 0 bridgehead atoms. The van der Waals surface area contributed by atoms with Crippen LogP contribution in [-0.2, 0) is 0 Å². The first kappa shape index (κ1) is 20.6. The van der Waals surface area contributed by atoms with Gasteiger partial charge in [0.15, 0.2) is 0 Å². The molecule has 6 heteroatoms. The van der Waals surface area contributed by atoms with Crippen LogP contribution in [0.5, 0.6) is 0 Å². The van der Waals surface area contributed by atoms with Gasteiger partial charge in [-0.3, -0.25) is 14.7 Å². The molecule has 0 spiro atoms. The summed E-state index contributed by atoms with van der Waals surface area (Å²) in [6.07, 6.45) is 0. The van der Waals surface area contributed by atoms with Crippen molar-refractivity contribution in [3.05, 3.63) is 46.3 Å². The number of benzene rings is 1. The van der Waals surface area contributed by atoms with Crippen LogP contribution in [0, 0.1) is 0 Å². The van der Waals surface area contributed by atoms with Gasteiger partial charge in [0.1, 0.15) is 17.7 Å². The van der Waals surface area contributed by atoms with Gasteiger partial charge in [0.05, 0.1) is 17.8 Å². The van der Waals surface area contributed by atoms with Crippen LogP contribution in [0.15, 0.2) is 44.5 Å². The molecule has 0 saturated heterocycles. The van der Waals surface area contributed by atoms with Gasteiger partial charge in [0.2, 0.25) is 5.78 Å². The van der Waals surface area contributed by atoms with Gasteiger partial charge >= 0.3 is 11.6 Å². The number of fused-ring (bicyclic) bond motifs is 1. The molecule has 144 valence electrons. The topological polar surface area (TPSA) is 74.7 Å². The van der Waals surface area contributed by atoms with Crippen LogP contribution in [0.2, 0.25) is 0 Å². The Kier molecular flexibility index (Phi) is 6.66. The Morgan fingerprint density at radius 1 is 1.19 bits per heavy atom. The number of nitrogens with zero attached hydrogens (tertiary/aromatic N) is 2. The molecule has 0 atom stereocenters. The molecule has 0 fully saturated rings. The summed E-state index contributed by atoms with van der Waals surface area (Å²) in [7, 11) is 0. The standard InChI is InChI=1S/C21H27N3O3/c1-13(2)22-21(23-14(3)4)24(15(5)6)12-18(25)17-11-16-9-7-8-10-19(16)27-20(17)26/h7-11,13,15H,12H2,1-6H3/p+1. The van der Waals surface area contributed by atoms with E-state index >= 15 is 0 Å². The number of rotatable bonds is 5. The van der Waals surface area contributed by atoms with Crippen LogP contribution in [-0.4, -0.2) is 40.7 Å². The fraction of sp³-hybridized carbons (Fsp3) is 0.429. The van der Waals surface area contributed by atoms with Crippen molar-refractivity contribution in [2.75, 3.05) is 6.54 Å². The van der Waals surface area contributed by atoms with Gasteiger partial charge in [0.25, 0.3) is 0 Å². The molecule has 0 saturated carbocycles. The Labute approximate surface area is 159 Å². The van der Waals surface area contributed by atoms with Gasteiger partial charge in [0, 0.05) is 5.39 Å². The molecule has 27 heavy (non-hydrogen) atoms. The van der Waals surface area contributed by atoms with E-state index < -0.39 is 5.63 Å². The molecule has 6 nitrogen and oxygen atoms in total. The molecule has 0 radical (unpaired) electrons. The van der Waals surface area contributed by atoms with Crippen LogP contribution < -0.4 is 10.9 Å². The number of nitrogens with one attached hydrogen (secondary N) is 1. The highest BCUT2D eigenvalue weighted by Crippen LogP contribution is 2.13. The summed E-state index contributed by atoms with van der Waals surface area (Å²) < 4.78 is 7.17. The van der Waals surface area contributed by atoms with Crippen molar-refractivity contribution in [3.63, 3.8) is 0 Å². The number of aliphatic imine (C=N–C) groups is 1. The second-order valence-electron chi connectivity index (χ2n) is 7.31. The monoisotopic (exact) mass is 370 g/mol. The summed E-state index contributed by atoms with van der Waals surface area (Å²) in [5.41, 5.74) is 0.789. The Bertz CT molecular complexity index is 949. The van der Waals surface area contributed by atoms with E-state index in [0.29, 0.717) is 11.5 Å². The van der Waals surface area contributed by atoms with Crippen LogP contribution >= 0.6 is 0 Å². The number of carbonyl (C=O) groups excluding carboxylic acids is 1. The first-order chi connectivity index (χ1) is 12.7. The number of carbonyl (C=O) groups is 1. The van der Waals surface area contributed by atoms with Crippen LogP contribution in [0.1, 0.15) is 51.9 Å². The molecule has 0 amide bonds. The molecule has 0 unspecified atom stereocenters. The lowest BCUT2D eigenvalue weighted by Gasteiger charge is -2.15. The Balaban J connectivity index is 2.48. The van der Waals surface area contributed by atoms with E-state index in [2.05, 4.69) is 10.3 Å². The predicted octanol–water partition coefficient (Wildman–Crippen LogP) is 3.23. The Hall–Kier alpha value is -2.76. The second kappa shape index (κ2) is 8.75. The minimum absolute atomic E-state index is 0.0193. The number of para-hydroxylation sites is 1. The van der Waals surface area contributed by atoms with Crippen molar-refractivity contribution in [1.82, 2.24) is 5.32 Å². The summed E-state index contributed by atoms with van der Waals surface area (Å²) in [4.78, 5) is 29.8. The molecule has 0 aliphatic rings. The van der Waals surface area contributed by atoms with Gasteiger partial charge in [-0.05, 0) is 53.7 Å². The Morgan fingerprint density at radius 2 is 1.85 bits per heavy atom. The zero-order valence-corrected chi connectivity index (χ0v) is 16.9. The van der Waals surface area contributed by atoms with Gasteiger partial charge in [-0.15, -0.1) is 0 Å². The minimum atomic E-state index is -0.615. The molecule has 1 aromatic heterocycles. The lowest BCUT2D eigenvalue weighted by molar-refractivity contribution is -0.548. The third-order valence-corrected chi connectivity index (χ3v) is 3.90. The van der Waals surface area contributed by atoms with E-state index in [1.54, 1.807) is 18.2 Å². The zero-order chi connectivity index (χ0) is 20.1. The maximum atomic E-state index is 12.9. The third kappa shape index (κ3) is 5.36. The lowest BCUT2D eigenvalue weighted by Crippen LogP contribution is -2.42. The molecule has 1 heterocycles. The molecule has 2 rings (SSSR count). The molecule has 0 aliphatic heterocycles. The van der Waals surface area contributed by atoms with Crippen molar-refractivity contribution >= 4 is 28.4 Å². The van der Waals surface area contributed by atoms with Crippen molar-refractivity contribution in [3.8, 4) is 0 Å². The van der Waals surface area contributed by atoms with Gasteiger partial charge in [-0.25, -0.2) is 4.79 Å².